The molecule has 23 heavy (non-hydrogen) atoms. The summed E-state index contributed by atoms with van der Waals surface area (Å²) in [4.78, 5) is 4.75. The van der Waals surface area contributed by atoms with Crippen LogP contribution in [-0.4, -0.2) is 42.0 Å². The van der Waals surface area contributed by atoms with E-state index in [-0.39, 0.29) is 16.8 Å². The van der Waals surface area contributed by atoms with E-state index in [1.807, 2.05) is 24.8 Å². The maximum absolute atomic E-state index is 9.70. The predicted octanol–water partition coefficient (Wildman–Crippen LogP) is 2.10. The van der Waals surface area contributed by atoms with Gasteiger partial charge in [0, 0.05) is 29.2 Å². The molecule has 1 atom stereocenters. The van der Waals surface area contributed by atoms with Crippen LogP contribution >= 0.6 is 11.8 Å². The number of hydrogen-bond acceptors (Lipinski definition) is 5. The van der Waals surface area contributed by atoms with Crippen LogP contribution in [0.15, 0.2) is 18.2 Å². The molecule has 1 saturated carbocycles. The quantitative estimate of drug-likeness (QED) is 0.934. The Morgan fingerprint density at radius 3 is 2.83 bits per heavy atom. The monoisotopic (exact) mass is 330 g/mol. The van der Waals surface area contributed by atoms with E-state index < -0.39 is 0 Å². The zero-order chi connectivity index (χ0) is 16.1. The minimum absolute atomic E-state index is 0.0537. The first-order valence-electron chi connectivity index (χ1n) is 8.18. The zero-order valence-electron chi connectivity index (χ0n) is 13.6. The summed E-state index contributed by atoms with van der Waals surface area (Å²) in [6.07, 6.45) is 2.94. The van der Waals surface area contributed by atoms with Gasteiger partial charge in [-0.1, -0.05) is 6.07 Å². The van der Waals surface area contributed by atoms with Crippen LogP contribution in [0.1, 0.15) is 42.8 Å². The Balaban J connectivity index is 1.75. The van der Waals surface area contributed by atoms with Crippen molar-refractivity contribution in [2.75, 3.05) is 12.4 Å². The maximum atomic E-state index is 9.70. The molecule has 122 valence electrons. The number of nitrogens with zero attached hydrogens (tertiary/aromatic N) is 4. The lowest BCUT2D eigenvalue weighted by molar-refractivity contribution is 0.254. The standard InChI is InChI=1S/C17H22N4OS/c1-12-4-3-5-13(18-12)17(6-7-17)15-20-19-14-10-16(2,11-22)23-9-8-21(14)15/h3-5,22H,6-11H2,1-2H3/t16-/m1/s1. The second-order valence-electron chi connectivity index (χ2n) is 6.97. The Labute approximate surface area is 140 Å². The van der Waals surface area contributed by atoms with E-state index in [9.17, 15) is 5.11 Å². The van der Waals surface area contributed by atoms with Gasteiger partial charge in [-0.25, -0.2) is 0 Å². The van der Waals surface area contributed by atoms with E-state index >= 15 is 0 Å². The normalized spacial score (nSPS) is 25.7. The summed E-state index contributed by atoms with van der Waals surface area (Å²) in [7, 11) is 0. The highest BCUT2D eigenvalue weighted by molar-refractivity contribution is 8.00. The second kappa shape index (κ2) is 5.31. The van der Waals surface area contributed by atoms with Crippen LogP contribution in [0.4, 0.5) is 0 Å². The van der Waals surface area contributed by atoms with E-state index in [0.717, 1.165) is 54.6 Å². The summed E-state index contributed by atoms with van der Waals surface area (Å²) in [6, 6.07) is 6.23. The van der Waals surface area contributed by atoms with Crippen LogP contribution in [0.25, 0.3) is 0 Å². The molecular weight excluding hydrogens is 308 g/mol. The number of hydrogen-bond donors (Lipinski definition) is 1. The van der Waals surface area contributed by atoms with Crippen molar-refractivity contribution in [3.63, 3.8) is 0 Å². The summed E-state index contributed by atoms with van der Waals surface area (Å²) < 4.78 is 2.13. The summed E-state index contributed by atoms with van der Waals surface area (Å²) in [5.74, 6) is 3.04. The molecular formula is C17H22N4OS. The van der Waals surface area contributed by atoms with Crippen LogP contribution in [-0.2, 0) is 18.4 Å². The van der Waals surface area contributed by atoms with Gasteiger partial charge >= 0.3 is 0 Å². The Bertz CT molecular complexity index is 740. The van der Waals surface area contributed by atoms with Crippen molar-refractivity contribution in [3.8, 4) is 0 Å². The van der Waals surface area contributed by atoms with Crippen molar-refractivity contribution in [2.45, 2.75) is 49.8 Å². The van der Waals surface area contributed by atoms with E-state index in [1.165, 1.54) is 0 Å². The molecule has 1 aliphatic heterocycles. The number of fused-ring (bicyclic) bond motifs is 1. The van der Waals surface area contributed by atoms with Gasteiger partial charge in [-0.05, 0) is 38.8 Å². The van der Waals surface area contributed by atoms with E-state index in [2.05, 4.69) is 33.8 Å². The van der Waals surface area contributed by atoms with Gasteiger partial charge in [0.15, 0.2) is 0 Å². The number of aryl methyl sites for hydroxylation is 1. The number of aliphatic hydroxyl groups excluding tert-OH is 1. The minimum Gasteiger partial charge on any atom is -0.395 e. The van der Waals surface area contributed by atoms with E-state index in [0.29, 0.717) is 0 Å². The van der Waals surface area contributed by atoms with Crippen molar-refractivity contribution in [2.24, 2.45) is 0 Å². The Kier molecular flexibility index (Phi) is 3.50. The highest BCUT2D eigenvalue weighted by Gasteiger charge is 2.52. The smallest absolute Gasteiger partial charge is 0.145 e. The Morgan fingerprint density at radius 1 is 1.30 bits per heavy atom. The summed E-state index contributed by atoms with van der Waals surface area (Å²) in [5, 5.41) is 18.7. The number of thioether (sulfide) groups is 1. The first-order chi connectivity index (χ1) is 11.1. The first-order valence-corrected chi connectivity index (χ1v) is 9.16. The maximum Gasteiger partial charge on any atom is 0.145 e. The topological polar surface area (TPSA) is 63.8 Å². The van der Waals surface area contributed by atoms with E-state index in [4.69, 9.17) is 4.98 Å². The molecule has 6 heteroatoms. The molecule has 4 rings (SSSR count). The molecule has 0 amide bonds. The predicted molar refractivity (Wildman–Crippen MR) is 90.7 cm³/mol. The van der Waals surface area contributed by atoms with Gasteiger partial charge in [0.1, 0.15) is 11.6 Å². The van der Waals surface area contributed by atoms with Gasteiger partial charge in [-0.2, -0.15) is 11.8 Å². The molecule has 2 aromatic rings. The number of aliphatic hydroxyl groups is 1. The Hall–Kier alpha value is -1.40. The molecule has 0 aromatic carbocycles. The van der Waals surface area contributed by atoms with Crippen LogP contribution in [0.5, 0.6) is 0 Å². The molecule has 1 N–H and O–H groups in total. The summed E-state index contributed by atoms with van der Waals surface area (Å²) in [6.45, 7) is 5.22. The average Bonchev–Trinajstić information content (AvgIpc) is 3.29. The fraction of sp³-hybridized carbons (Fsp3) is 0.588. The van der Waals surface area contributed by atoms with Gasteiger partial charge < -0.3 is 9.67 Å². The third kappa shape index (κ3) is 2.48. The van der Waals surface area contributed by atoms with Crippen molar-refractivity contribution < 1.29 is 5.11 Å². The van der Waals surface area contributed by atoms with E-state index in [1.54, 1.807) is 0 Å². The molecule has 2 aromatic heterocycles. The molecule has 0 spiro atoms. The van der Waals surface area contributed by atoms with Crippen molar-refractivity contribution >= 4 is 11.8 Å². The van der Waals surface area contributed by atoms with Gasteiger partial charge in [0.2, 0.25) is 0 Å². The third-order valence-electron chi connectivity index (χ3n) is 5.02. The molecule has 0 saturated heterocycles. The number of rotatable bonds is 3. The molecule has 0 radical (unpaired) electrons. The largest absolute Gasteiger partial charge is 0.395 e. The summed E-state index contributed by atoms with van der Waals surface area (Å²) >= 11 is 1.83. The molecule has 5 nitrogen and oxygen atoms in total. The molecule has 0 bridgehead atoms. The van der Waals surface area contributed by atoms with Crippen molar-refractivity contribution in [3.05, 3.63) is 41.2 Å². The highest BCUT2D eigenvalue weighted by atomic mass is 32.2. The Morgan fingerprint density at radius 2 is 2.13 bits per heavy atom. The minimum atomic E-state index is -0.156. The van der Waals surface area contributed by atoms with Crippen LogP contribution < -0.4 is 0 Å². The van der Waals surface area contributed by atoms with Crippen molar-refractivity contribution in [1.29, 1.82) is 0 Å². The fourth-order valence-electron chi connectivity index (χ4n) is 3.45. The van der Waals surface area contributed by atoms with Gasteiger partial charge in [0.05, 0.1) is 17.7 Å². The molecule has 2 aliphatic rings. The van der Waals surface area contributed by atoms with Crippen LogP contribution in [0.3, 0.4) is 0 Å². The van der Waals surface area contributed by atoms with Crippen LogP contribution in [0, 0.1) is 6.92 Å². The number of pyridine rings is 1. The zero-order valence-corrected chi connectivity index (χ0v) is 14.4. The highest BCUT2D eigenvalue weighted by Crippen LogP contribution is 2.52. The summed E-state index contributed by atoms with van der Waals surface area (Å²) in [5.41, 5.74) is 2.12. The molecule has 1 aliphatic carbocycles. The van der Waals surface area contributed by atoms with Gasteiger partial charge in [-0.3, -0.25) is 4.98 Å². The lowest BCUT2D eigenvalue weighted by atomic mass is 10.00. The lowest BCUT2D eigenvalue weighted by Gasteiger charge is -2.23. The third-order valence-corrected chi connectivity index (χ3v) is 6.37. The fourth-order valence-corrected chi connectivity index (χ4v) is 4.54. The molecule has 0 unspecified atom stereocenters. The van der Waals surface area contributed by atoms with Crippen LogP contribution in [0.2, 0.25) is 0 Å². The SMILES string of the molecule is Cc1cccc(C2(c3nnc4n3CCS[C@@](C)(CO)C4)CC2)n1. The molecule has 1 fully saturated rings. The number of aromatic nitrogens is 4. The van der Waals surface area contributed by atoms with Gasteiger partial charge in [0.25, 0.3) is 0 Å². The average molecular weight is 330 g/mol. The lowest BCUT2D eigenvalue weighted by Crippen LogP contribution is -2.28. The second-order valence-corrected chi connectivity index (χ2v) is 8.65. The van der Waals surface area contributed by atoms with Crippen molar-refractivity contribution in [1.82, 2.24) is 19.7 Å². The van der Waals surface area contributed by atoms with Gasteiger partial charge in [-0.15, -0.1) is 10.2 Å². The molecule has 3 heterocycles. The first kappa shape index (κ1) is 15.1.